The van der Waals surface area contributed by atoms with Crippen LogP contribution in [0.4, 0.5) is 18.9 Å². The molecular weight excluding hydrogens is 401 g/mol. The number of aromatic amines is 1. The van der Waals surface area contributed by atoms with Crippen LogP contribution in [0.5, 0.6) is 0 Å². The Kier molecular flexibility index (Phi) is 6.76. The molecule has 1 aromatic heterocycles. The van der Waals surface area contributed by atoms with E-state index in [-0.39, 0.29) is 30.1 Å². The van der Waals surface area contributed by atoms with Crippen LogP contribution < -0.4 is 5.32 Å². The van der Waals surface area contributed by atoms with Gasteiger partial charge in [0.15, 0.2) is 0 Å². The maximum absolute atomic E-state index is 13.4. The summed E-state index contributed by atoms with van der Waals surface area (Å²) in [5.74, 6) is -0.494. The number of anilines is 1. The number of alkyl halides is 3. The minimum Gasteiger partial charge on any atom is -0.381 e. The van der Waals surface area contributed by atoms with Crippen molar-refractivity contribution in [3.05, 3.63) is 47.5 Å². The molecule has 1 fully saturated rings. The zero-order valence-electron chi connectivity index (χ0n) is 16.5. The summed E-state index contributed by atoms with van der Waals surface area (Å²) in [4.78, 5) is 33.1. The van der Waals surface area contributed by atoms with Crippen LogP contribution in [0.3, 0.4) is 0 Å². The van der Waals surface area contributed by atoms with Gasteiger partial charge in [-0.2, -0.15) is 13.2 Å². The Morgan fingerprint density at radius 3 is 2.77 bits per heavy atom. The number of amides is 2. The highest BCUT2D eigenvalue weighted by Crippen LogP contribution is 2.32. The molecule has 1 atom stereocenters. The summed E-state index contributed by atoms with van der Waals surface area (Å²) in [6.07, 6.45) is 0.274. The van der Waals surface area contributed by atoms with E-state index in [4.69, 9.17) is 4.74 Å². The number of carbonyl (C=O) groups excluding carboxylic acids is 2. The predicted octanol–water partition coefficient (Wildman–Crippen LogP) is 3.46. The number of hydrogen-bond acceptors (Lipinski definition) is 4. The van der Waals surface area contributed by atoms with E-state index >= 15 is 0 Å². The number of benzene rings is 1. The summed E-state index contributed by atoms with van der Waals surface area (Å²) in [5, 5.41) is 2.50. The summed E-state index contributed by atoms with van der Waals surface area (Å²) in [6.45, 7) is 1.21. The molecule has 162 valence electrons. The largest absolute Gasteiger partial charge is 0.416 e. The third-order valence-corrected chi connectivity index (χ3v) is 4.81. The van der Waals surface area contributed by atoms with Crippen LogP contribution in [0, 0.1) is 5.92 Å². The van der Waals surface area contributed by atoms with Gasteiger partial charge in [0.2, 0.25) is 5.91 Å². The van der Waals surface area contributed by atoms with Crippen LogP contribution in [0.15, 0.2) is 30.6 Å². The molecule has 1 aliphatic heterocycles. The minimum absolute atomic E-state index is 0.0325. The molecule has 0 radical (unpaired) electrons. The minimum atomic E-state index is -4.66. The fraction of sp³-hybridized carbons (Fsp3) is 0.450. The predicted molar refractivity (Wildman–Crippen MR) is 103 cm³/mol. The number of nitrogens with one attached hydrogen (secondary N) is 2. The number of H-pyrrole nitrogens is 1. The topological polar surface area (TPSA) is 87.3 Å². The lowest BCUT2D eigenvalue weighted by Crippen LogP contribution is -2.27. The molecule has 2 aromatic rings. The lowest BCUT2D eigenvalue weighted by Gasteiger charge is -2.22. The Bertz CT molecular complexity index is 878. The fourth-order valence-electron chi connectivity index (χ4n) is 3.33. The fourth-order valence-corrected chi connectivity index (χ4v) is 3.33. The molecule has 2 amide bonds. The van der Waals surface area contributed by atoms with Gasteiger partial charge in [-0.05, 0) is 37.0 Å². The first-order chi connectivity index (χ1) is 14.2. The molecule has 1 saturated heterocycles. The van der Waals surface area contributed by atoms with Gasteiger partial charge in [0, 0.05) is 50.3 Å². The second-order valence-electron chi connectivity index (χ2n) is 7.33. The molecule has 0 saturated carbocycles. The van der Waals surface area contributed by atoms with Gasteiger partial charge in [0.25, 0.3) is 5.91 Å². The van der Waals surface area contributed by atoms with Crippen LogP contribution in [-0.4, -0.2) is 46.9 Å². The maximum atomic E-state index is 13.4. The molecule has 3 rings (SSSR count). The summed E-state index contributed by atoms with van der Waals surface area (Å²) in [6, 6.07) is 2.87. The van der Waals surface area contributed by atoms with E-state index in [1.807, 2.05) is 0 Å². The van der Waals surface area contributed by atoms with E-state index in [9.17, 15) is 22.8 Å². The molecule has 2 heterocycles. The number of imidazole rings is 1. The van der Waals surface area contributed by atoms with Crippen molar-refractivity contribution in [2.75, 3.05) is 25.6 Å². The van der Waals surface area contributed by atoms with E-state index in [0.29, 0.717) is 19.0 Å². The molecule has 1 aliphatic rings. The zero-order chi connectivity index (χ0) is 21.7. The summed E-state index contributed by atoms with van der Waals surface area (Å²) in [7, 11) is 1.46. The highest BCUT2D eigenvalue weighted by atomic mass is 19.4. The second kappa shape index (κ2) is 9.29. The molecule has 0 spiro atoms. The van der Waals surface area contributed by atoms with Gasteiger partial charge in [-0.3, -0.25) is 9.59 Å². The number of hydrogen-bond donors (Lipinski definition) is 2. The number of rotatable bonds is 6. The van der Waals surface area contributed by atoms with Gasteiger partial charge < -0.3 is 19.9 Å². The molecule has 10 heteroatoms. The van der Waals surface area contributed by atoms with Crippen molar-refractivity contribution < 1.29 is 27.5 Å². The Labute approximate surface area is 171 Å². The Morgan fingerprint density at radius 1 is 1.33 bits per heavy atom. The molecule has 7 nitrogen and oxygen atoms in total. The van der Waals surface area contributed by atoms with Crippen LogP contribution in [0.1, 0.15) is 41.0 Å². The molecule has 1 unspecified atom stereocenters. The van der Waals surface area contributed by atoms with Gasteiger partial charge in [0.1, 0.15) is 5.82 Å². The summed E-state index contributed by atoms with van der Waals surface area (Å²) >= 11 is 0. The van der Waals surface area contributed by atoms with Gasteiger partial charge in [-0.1, -0.05) is 0 Å². The smallest absolute Gasteiger partial charge is 0.381 e. The normalized spacial score (nSPS) is 16.9. The van der Waals surface area contributed by atoms with Gasteiger partial charge >= 0.3 is 6.18 Å². The molecule has 0 aliphatic carbocycles. The summed E-state index contributed by atoms with van der Waals surface area (Å²) in [5.41, 5.74) is -1.24. The first-order valence-corrected chi connectivity index (χ1v) is 9.56. The van der Waals surface area contributed by atoms with Crippen molar-refractivity contribution in [1.82, 2.24) is 14.9 Å². The lowest BCUT2D eigenvalue weighted by atomic mass is 9.98. The number of aromatic nitrogens is 2. The van der Waals surface area contributed by atoms with Crippen LogP contribution in [0.2, 0.25) is 0 Å². The second-order valence-corrected chi connectivity index (χ2v) is 7.33. The molecule has 0 bridgehead atoms. The monoisotopic (exact) mass is 424 g/mol. The first-order valence-electron chi connectivity index (χ1n) is 9.56. The zero-order valence-corrected chi connectivity index (χ0v) is 16.5. The van der Waals surface area contributed by atoms with Crippen molar-refractivity contribution in [3.8, 4) is 0 Å². The van der Waals surface area contributed by atoms with Crippen LogP contribution in [-0.2, 0) is 22.3 Å². The average molecular weight is 424 g/mol. The van der Waals surface area contributed by atoms with E-state index in [2.05, 4.69) is 15.3 Å². The first kappa shape index (κ1) is 21.8. The Balaban J connectivity index is 1.77. The molecule has 30 heavy (non-hydrogen) atoms. The molecule has 1 aromatic carbocycles. The van der Waals surface area contributed by atoms with E-state index in [1.165, 1.54) is 24.2 Å². The number of carbonyl (C=O) groups is 2. The summed E-state index contributed by atoms with van der Waals surface area (Å²) < 4.78 is 45.4. The standard InChI is InChI=1S/C20H23F3N4O3/c1-27(11-17-24-4-5-25-17)19(29)14-8-15(20(21,22)23)10-16(9-14)26-18(28)7-13-3-2-6-30-12-13/h4-5,8-10,13H,2-3,6-7,11-12H2,1H3,(H,24,25)(H,26,28). The SMILES string of the molecule is CN(Cc1ncc[nH]1)C(=O)c1cc(NC(=O)CC2CCCOC2)cc(C(F)(F)F)c1. The van der Waals surface area contributed by atoms with Crippen LogP contribution in [0.25, 0.3) is 0 Å². The van der Waals surface area contributed by atoms with Crippen molar-refractivity contribution >= 4 is 17.5 Å². The van der Waals surface area contributed by atoms with Crippen molar-refractivity contribution in [3.63, 3.8) is 0 Å². The van der Waals surface area contributed by atoms with Gasteiger partial charge in [-0.25, -0.2) is 4.98 Å². The molecular formula is C20H23F3N4O3. The Hall–Kier alpha value is -2.88. The number of halogens is 3. The Morgan fingerprint density at radius 2 is 2.13 bits per heavy atom. The van der Waals surface area contributed by atoms with Crippen LogP contribution >= 0.6 is 0 Å². The van der Waals surface area contributed by atoms with E-state index in [0.717, 1.165) is 25.0 Å². The number of ether oxygens (including phenoxy) is 1. The van der Waals surface area contributed by atoms with E-state index < -0.39 is 23.6 Å². The lowest BCUT2D eigenvalue weighted by molar-refractivity contribution is -0.137. The maximum Gasteiger partial charge on any atom is 0.416 e. The highest BCUT2D eigenvalue weighted by molar-refractivity contribution is 5.97. The third kappa shape index (κ3) is 5.82. The van der Waals surface area contributed by atoms with Gasteiger partial charge in [0.05, 0.1) is 12.1 Å². The number of nitrogens with zero attached hydrogens (tertiary/aromatic N) is 2. The average Bonchev–Trinajstić information content (AvgIpc) is 3.20. The van der Waals surface area contributed by atoms with Crippen molar-refractivity contribution in [2.45, 2.75) is 32.0 Å². The van der Waals surface area contributed by atoms with Gasteiger partial charge in [-0.15, -0.1) is 0 Å². The highest BCUT2D eigenvalue weighted by Gasteiger charge is 2.32. The van der Waals surface area contributed by atoms with Crippen molar-refractivity contribution in [1.29, 1.82) is 0 Å². The van der Waals surface area contributed by atoms with Crippen molar-refractivity contribution in [2.24, 2.45) is 5.92 Å². The third-order valence-electron chi connectivity index (χ3n) is 4.81. The molecule has 2 N–H and O–H groups in total. The quantitative estimate of drug-likeness (QED) is 0.744. The van der Waals surface area contributed by atoms with E-state index in [1.54, 1.807) is 6.20 Å².